The van der Waals surface area contributed by atoms with Crippen LogP contribution in [0.25, 0.3) is 10.9 Å². The highest BCUT2D eigenvalue weighted by Gasteiger charge is 2.15. The average Bonchev–Trinajstić information content (AvgIpc) is 2.73. The summed E-state index contributed by atoms with van der Waals surface area (Å²) in [7, 11) is 0. The van der Waals surface area contributed by atoms with Gasteiger partial charge in [-0.05, 0) is 55.3 Å². The number of esters is 1. The Balaban J connectivity index is 1.44. The number of aromatic nitrogens is 2. The minimum atomic E-state index is -0.506. The first kappa shape index (κ1) is 20.1. The Kier molecular flexibility index (Phi) is 6.07. The number of ether oxygens (including phenoxy) is 2. The predicted molar refractivity (Wildman–Crippen MR) is 110 cm³/mol. The second-order valence-electron chi connectivity index (χ2n) is 7.32. The van der Waals surface area contributed by atoms with Crippen LogP contribution in [0.2, 0.25) is 0 Å². The van der Waals surface area contributed by atoms with Crippen LogP contribution in [0.1, 0.15) is 41.9 Å². The van der Waals surface area contributed by atoms with E-state index in [-0.39, 0.29) is 24.6 Å². The highest BCUT2D eigenvalue weighted by atomic mass is 19.1. The van der Waals surface area contributed by atoms with Crippen molar-refractivity contribution in [3.8, 4) is 5.75 Å². The van der Waals surface area contributed by atoms with Gasteiger partial charge in [0.2, 0.25) is 0 Å². The quantitative estimate of drug-likeness (QED) is 0.471. The van der Waals surface area contributed by atoms with Gasteiger partial charge in [0, 0.05) is 13.0 Å². The van der Waals surface area contributed by atoms with Crippen LogP contribution < -0.4 is 10.3 Å². The number of benzene rings is 2. The van der Waals surface area contributed by atoms with Gasteiger partial charge in [-0.25, -0.2) is 14.2 Å². The number of hydrogen-bond donors (Lipinski definition) is 0. The van der Waals surface area contributed by atoms with Crippen LogP contribution in [-0.4, -0.2) is 28.7 Å². The van der Waals surface area contributed by atoms with Gasteiger partial charge >= 0.3 is 5.97 Å². The van der Waals surface area contributed by atoms with Crippen LogP contribution in [0.4, 0.5) is 4.39 Å². The van der Waals surface area contributed by atoms with E-state index in [1.807, 2.05) is 0 Å². The molecule has 0 spiro atoms. The Hall–Kier alpha value is -3.22. The molecule has 7 heteroatoms. The van der Waals surface area contributed by atoms with E-state index in [4.69, 9.17) is 9.47 Å². The predicted octanol–water partition coefficient (Wildman–Crippen LogP) is 3.89. The molecule has 0 unspecified atom stereocenters. The number of carbonyl (C=O) groups excluding carboxylic acids is 1. The van der Waals surface area contributed by atoms with Gasteiger partial charge in [0.1, 0.15) is 30.6 Å². The zero-order valence-electron chi connectivity index (χ0n) is 16.6. The molecule has 1 aliphatic rings. The fourth-order valence-electron chi connectivity index (χ4n) is 3.63. The fraction of sp³-hybridized carbons (Fsp3) is 0.348. The van der Waals surface area contributed by atoms with Crippen LogP contribution in [0, 0.1) is 5.82 Å². The lowest BCUT2D eigenvalue weighted by molar-refractivity contribution is 0.0450. The van der Waals surface area contributed by atoms with E-state index < -0.39 is 5.97 Å². The van der Waals surface area contributed by atoms with Gasteiger partial charge in [0.15, 0.2) is 0 Å². The summed E-state index contributed by atoms with van der Waals surface area (Å²) in [4.78, 5) is 29.9. The van der Waals surface area contributed by atoms with Crippen molar-refractivity contribution in [2.75, 3.05) is 13.2 Å². The topological polar surface area (TPSA) is 70.4 Å². The third-order valence-corrected chi connectivity index (χ3v) is 5.20. The molecule has 0 atom stereocenters. The molecule has 156 valence electrons. The monoisotopic (exact) mass is 410 g/mol. The van der Waals surface area contributed by atoms with E-state index in [2.05, 4.69) is 4.98 Å². The van der Waals surface area contributed by atoms with Crippen LogP contribution in [-0.2, 0) is 17.7 Å². The molecule has 0 fully saturated rings. The minimum absolute atomic E-state index is 0.0501. The van der Waals surface area contributed by atoms with Crippen molar-refractivity contribution in [1.82, 2.24) is 9.55 Å². The first-order valence-electron chi connectivity index (χ1n) is 10.2. The summed E-state index contributed by atoms with van der Waals surface area (Å²) in [5.74, 6) is 0.434. The second-order valence-corrected chi connectivity index (χ2v) is 7.32. The molecule has 2 heterocycles. The molecule has 0 saturated heterocycles. The molecule has 0 N–H and O–H groups in total. The molecule has 3 aromatic rings. The van der Waals surface area contributed by atoms with Gasteiger partial charge in [0.05, 0.1) is 16.5 Å². The average molecular weight is 410 g/mol. The molecule has 6 nitrogen and oxygen atoms in total. The third-order valence-electron chi connectivity index (χ3n) is 5.20. The van der Waals surface area contributed by atoms with Crippen LogP contribution in [0.5, 0.6) is 5.75 Å². The Bertz CT molecular complexity index is 1110. The zero-order valence-corrected chi connectivity index (χ0v) is 16.6. The second kappa shape index (κ2) is 9.07. The summed E-state index contributed by atoms with van der Waals surface area (Å²) in [6.45, 7) is 0.890. The number of carbonyl (C=O) groups is 1. The number of fused-ring (bicyclic) bond motifs is 2. The maximum absolute atomic E-state index is 12.9. The Labute approximate surface area is 173 Å². The lowest BCUT2D eigenvalue weighted by Crippen LogP contribution is -2.26. The summed E-state index contributed by atoms with van der Waals surface area (Å²) in [5.41, 5.74) is 0.806. The molecule has 0 bridgehead atoms. The number of nitrogens with zero attached hydrogens (tertiary/aromatic N) is 2. The molecule has 1 aromatic heterocycles. The number of rotatable bonds is 5. The molecular weight excluding hydrogens is 387 g/mol. The minimum Gasteiger partial charge on any atom is -0.490 e. The Morgan fingerprint density at radius 2 is 1.83 bits per heavy atom. The largest absolute Gasteiger partial charge is 0.490 e. The summed E-state index contributed by atoms with van der Waals surface area (Å²) in [6, 6.07) is 10.5. The molecular formula is C23H23FN2O4. The molecule has 0 amide bonds. The van der Waals surface area contributed by atoms with E-state index >= 15 is 0 Å². The number of aryl methyl sites for hydroxylation is 1. The first-order chi connectivity index (χ1) is 14.6. The molecule has 4 rings (SSSR count). The van der Waals surface area contributed by atoms with E-state index in [0.29, 0.717) is 28.8 Å². The van der Waals surface area contributed by atoms with Crippen LogP contribution >= 0.6 is 0 Å². The molecule has 30 heavy (non-hydrogen) atoms. The summed E-state index contributed by atoms with van der Waals surface area (Å²) in [5, 5.41) is 0.510. The van der Waals surface area contributed by atoms with Gasteiger partial charge < -0.3 is 9.47 Å². The molecule has 1 aliphatic heterocycles. The fourth-order valence-corrected chi connectivity index (χ4v) is 3.63. The van der Waals surface area contributed by atoms with Crippen molar-refractivity contribution < 1.29 is 18.7 Å². The van der Waals surface area contributed by atoms with Gasteiger partial charge in [-0.15, -0.1) is 0 Å². The maximum atomic E-state index is 12.9. The van der Waals surface area contributed by atoms with Crippen molar-refractivity contribution in [1.29, 1.82) is 0 Å². The number of halogens is 1. The number of hydrogen-bond acceptors (Lipinski definition) is 5. The van der Waals surface area contributed by atoms with E-state index in [0.717, 1.165) is 37.9 Å². The van der Waals surface area contributed by atoms with Crippen LogP contribution in [0.3, 0.4) is 0 Å². The highest BCUT2D eigenvalue weighted by molar-refractivity contribution is 5.94. The van der Waals surface area contributed by atoms with Gasteiger partial charge in [0.25, 0.3) is 5.56 Å². The normalized spacial score (nSPS) is 13.9. The lowest BCUT2D eigenvalue weighted by Gasteiger charge is -2.16. The Morgan fingerprint density at radius 3 is 2.67 bits per heavy atom. The SMILES string of the molecule is O=C(OCCOc1ccc(F)cc1)c1ccc2c(=O)n3c(nc2c1)CCCCCC3. The van der Waals surface area contributed by atoms with Gasteiger partial charge in [-0.3, -0.25) is 9.36 Å². The van der Waals surface area contributed by atoms with Crippen LogP contribution in [0.15, 0.2) is 47.3 Å². The lowest BCUT2D eigenvalue weighted by atomic mass is 10.1. The molecule has 0 radical (unpaired) electrons. The third kappa shape index (κ3) is 4.50. The van der Waals surface area contributed by atoms with Crippen molar-refractivity contribution in [2.24, 2.45) is 0 Å². The summed E-state index contributed by atoms with van der Waals surface area (Å²) < 4.78 is 25.3. The standard InChI is InChI=1S/C23H23FN2O4/c24-17-7-9-18(10-8-17)29-13-14-30-23(28)16-6-11-19-20(15-16)25-21-5-3-1-2-4-12-26(21)22(19)27/h6-11,15H,1-5,12-14H2. The van der Waals surface area contributed by atoms with Gasteiger partial charge in [-0.1, -0.05) is 12.8 Å². The smallest absolute Gasteiger partial charge is 0.338 e. The van der Waals surface area contributed by atoms with Crippen molar-refractivity contribution in [3.63, 3.8) is 0 Å². The van der Waals surface area contributed by atoms with Crippen molar-refractivity contribution in [3.05, 3.63) is 70.0 Å². The van der Waals surface area contributed by atoms with E-state index in [9.17, 15) is 14.0 Å². The molecule has 0 aliphatic carbocycles. The van der Waals surface area contributed by atoms with Crippen molar-refractivity contribution in [2.45, 2.75) is 38.6 Å². The first-order valence-corrected chi connectivity index (χ1v) is 10.2. The highest BCUT2D eigenvalue weighted by Crippen LogP contribution is 2.17. The van der Waals surface area contributed by atoms with Crippen molar-refractivity contribution >= 4 is 16.9 Å². The van der Waals surface area contributed by atoms with E-state index in [1.54, 1.807) is 22.8 Å². The molecule has 2 aromatic carbocycles. The van der Waals surface area contributed by atoms with E-state index in [1.165, 1.54) is 24.3 Å². The Morgan fingerprint density at radius 1 is 1.03 bits per heavy atom. The summed E-state index contributed by atoms with van der Waals surface area (Å²) >= 11 is 0. The van der Waals surface area contributed by atoms with Gasteiger partial charge in [-0.2, -0.15) is 0 Å². The maximum Gasteiger partial charge on any atom is 0.338 e. The summed E-state index contributed by atoms with van der Waals surface area (Å²) in [6.07, 6.45) is 5.01. The zero-order chi connectivity index (χ0) is 20.9. The molecule has 0 saturated carbocycles.